The molecule has 0 saturated heterocycles. The molecule has 0 amide bonds. The van der Waals surface area contributed by atoms with Gasteiger partial charge in [-0.25, -0.2) is 8.78 Å². The summed E-state index contributed by atoms with van der Waals surface area (Å²) in [7, 11) is 0. The van der Waals surface area contributed by atoms with Crippen LogP contribution < -0.4 is 5.32 Å². The Morgan fingerprint density at radius 1 is 1.17 bits per heavy atom. The van der Waals surface area contributed by atoms with E-state index in [1.54, 1.807) is 25.1 Å². The van der Waals surface area contributed by atoms with Crippen LogP contribution in [-0.4, -0.2) is 29.0 Å². The average molecular weight is 354 g/mol. The first-order chi connectivity index (χ1) is 11.4. The molecular formula is C18H18ClF2NO2. The number of benzene rings is 2. The quantitative estimate of drug-likeness (QED) is 0.689. The lowest BCUT2D eigenvalue weighted by molar-refractivity contribution is 0.0838. The highest BCUT2D eigenvalue weighted by atomic mass is 35.5. The van der Waals surface area contributed by atoms with Crippen molar-refractivity contribution in [3.63, 3.8) is 0 Å². The van der Waals surface area contributed by atoms with Gasteiger partial charge in [0.15, 0.2) is 0 Å². The van der Waals surface area contributed by atoms with Crippen molar-refractivity contribution in [3.8, 4) is 0 Å². The van der Waals surface area contributed by atoms with Crippen molar-refractivity contribution in [1.29, 1.82) is 0 Å². The van der Waals surface area contributed by atoms with E-state index in [9.17, 15) is 13.9 Å². The predicted octanol–water partition coefficient (Wildman–Crippen LogP) is 3.94. The third-order valence-corrected chi connectivity index (χ3v) is 3.91. The molecule has 3 nitrogen and oxygen atoms in total. The highest BCUT2D eigenvalue weighted by Crippen LogP contribution is 2.23. The molecule has 0 fully saturated rings. The Hall–Kier alpha value is -1.95. The first kappa shape index (κ1) is 18.4. The van der Waals surface area contributed by atoms with Crippen LogP contribution in [0.15, 0.2) is 36.4 Å². The minimum atomic E-state index is -0.993. The number of hydrogen-bond acceptors (Lipinski definition) is 3. The summed E-state index contributed by atoms with van der Waals surface area (Å²) in [4.78, 5) is 0. The molecule has 0 saturated carbocycles. The third kappa shape index (κ3) is 4.54. The first-order valence-electron chi connectivity index (χ1n) is 7.39. The lowest BCUT2D eigenvalue weighted by Gasteiger charge is -2.20. The molecule has 2 atom stereocenters. The van der Waals surface area contributed by atoms with Crippen LogP contribution in [0.2, 0.25) is 5.02 Å². The number of aliphatic hydroxyl groups excluding tert-OH is 2. The largest absolute Gasteiger partial charge is 0.394 e. The van der Waals surface area contributed by atoms with Gasteiger partial charge in [-0.05, 0) is 42.8 Å². The van der Waals surface area contributed by atoms with Crippen molar-refractivity contribution in [1.82, 2.24) is 0 Å². The summed E-state index contributed by atoms with van der Waals surface area (Å²) in [5, 5.41) is 21.5. The summed E-state index contributed by atoms with van der Waals surface area (Å²) >= 11 is 5.93. The Labute approximate surface area is 144 Å². The van der Waals surface area contributed by atoms with Crippen molar-refractivity contribution in [2.24, 2.45) is 0 Å². The van der Waals surface area contributed by atoms with Crippen LogP contribution in [-0.2, 0) is 0 Å². The Morgan fingerprint density at radius 2 is 1.92 bits per heavy atom. The molecule has 24 heavy (non-hydrogen) atoms. The van der Waals surface area contributed by atoms with Gasteiger partial charge in [0.2, 0.25) is 0 Å². The minimum Gasteiger partial charge on any atom is -0.394 e. The monoisotopic (exact) mass is 353 g/mol. The minimum absolute atomic E-state index is 0.205. The van der Waals surface area contributed by atoms with Gasteiger partial charge < -0.3 is 15.5 Å². The van der Waals surface area contributed by atoms with E-state index in [0.717, 1.165) is 0 Å². The second kappa shape index (κ2) is 8.24. The van der Waals surface area contributed by atoms with Crippen LogP contribution in [0.25, 0.3) is 12.2 Å². The van der Waals surface area contributed by atoms with Gasteiger partial charge >= 0.3 is 0 Å². The zero-order chi connectivity index (χ0) is 17.7. The Kier molecular flexibility index (Phi) is 6.31. The van der Waals surface area contributed by atoms with Gasteiger partial charge in [-0.1, -0.05) is 29.8 Å². The molecular weight excluding hydrogens is 336 g/mol. The maximum Gasteiger partial charge on any atom is 0.146 e. The molecule has 0 bridgehead atoms. The fraction of sp³-hybridized carbons (Fsp3) is 0.222. The van der Waals surface area contributed by atoms with Gasteiger partial charge in [0, 0.05) is 5.56 Å². The van der Waals surface area contributed by atoms with E-state index in [-0.39, 0.29) is 16.3 Å². The van der Waals surface area contributed by atoms with E-state index in [4.69, 9.17) is 16.7 Å². The van der Waals surface area contributed by atoms with Crippen molar-refractivity contribution in [2.45, 2.75) is 19.1 Å². The lowest BCUT2D eigenvalue weighted by Crippen LogP contribution is -2.33. The normalized spacial score (nSPS) is 13.9. The molecule has 0 spiro atoms. The van der Waals surface area contributed by atoms with E-state index < -0.39 is 30.4 Å². The van der Waals surface area contributed by atoms with Gasteiger partial charge in [-0.3, -0.25) is 0 Å². The molecule has 2 rings (SSSR count). The highest BCUT2D eigenvalue weighted by Gasteiger charge is 2.14. The van der Waals surface area contributed by atoms with Gasteiger partial charge in [-0.2, -0.15) is 0 Å². The summed E-state index contributed by atoms with van der Waals surface area (Å²) in [6, 6.07) is 8.32. The molecule has 0 heterocycles. The SMILES string of the molecule is C[C@@H](Nc1ccc(/C=C/c2c(F)cccc2Cl)cc1F)[C@@H](O)CO. The smallest absolute Gasteiger partial charge is 0.146 e. The maximum atomic E-state index is 14.1. The molecule has 3 N–H and O–H groups in total. The van der Waals surface area contributed by atoms with Crippen LogP contribution >= 0.6 is 11.6 Å². The Morgan fingerprint density at radius 3 is 2.54 bits per heavy atom. The van der Waals surface area contributed by atoms with Gasteiger partial charge in [0.25, 0.3) is 0 Å². The number of aliphatic hydroxyl groups is 2. The third-order valence-electron chi connectivity index (χ3n) is 3.58. The second-order valence-electron chi connectivity index (χ2n) is 5.39. The van der Waals surface area contributed by atoms with E-state index in [0.29, 0.717) is 5.56 Å². The lowest BCUT2D eigenvalue weighted by atomic mass is 10.1. The van der Waals surface area contributed by atoms with Crippen molar-refractivity contribution >= 4 is 29.4 Å². The topological polar surface area (TPSA) is 52.5 Å². The molecule has 0 aliphatic carbocycles. The molecule has 128 valence electrons. The molecule has 2 aromatic carbocycles. The number of halogens is 3. The van der Waals surface area contributed by atoms with E-state index in [1.807, 2.05) is 0 Å². The molecule has 0 aliphatic rings. The van der Waals surface area contributed by atoms with Crippen molar-refractivity contribution < 1.29 is 19.0 Å². The second-order valence-corrected chi connectivity index (χ2v) is 5.80. The first-order valence-corrected chi connectivity index (χ1v) is 7.77. The maximum absolute atomic E-state index is 14.1. The van der Waals surface area contributed by atoms with Crippen LogP contribution in [0, 0.1) is 11.6 Å². The van der Waals surface area contributed by atoms with E-state index >= 15 is 0 Å². The summed E-state index contributed by atoms with van der Waals surface area (Å²) in [6.45, 7) is 1.22. The zero-order valence-electron chi connectivity index (χ0n) is 13.0. The van der Waals surface area contributed by atoms with E-state index in [2.05, 4.69) is 5.32 Å². The Bertz CT molecular complexity index is 717. The van der Waals surface area contributed by atoms with Crippen molar-refractivity contribution in [2.75, 3.05) is 11.9 Å². The van der Waals surface area contributed by atoms with Gasteiger partial charge in [-0.15, -0.1) is 0 Å². The summed E-state index contributed by atoms with van der Waals surface area (Å²) < 4.78 is 27.8. The van der Waals surface area contributed by atoms with Gasteiger partial charge in [0.05, 0.1) is 29.5 Å². The standard InChI is InChI=1S/C18H18ClF2NO2/c1-11(18(24)10-23)22-17-8-6-12(9-16(17)21)5-7-13-14(19)3-2-4-15(13)20/h2-9,11,18,22-24H,10H2,1H3/b7-5+/t11-,18+/m1/s1. The van der Waals surface area contributed by atoms with Crippen LogP contribution in [0.5, 0.6) is 0 Å². The molecule has 0 radical (unpaired) electrons. The summed E-state index contributed by atoms with van der Waals surface area (Å²) in [5.41, 5.74) is 0.977. The van der Waals surface area contributed by atoms with Crippen LogP contribution in [0.3, 0.4) is 0 Å². The number of rotatable bonds is 6. The fourth-order valence-corrected chi connectivity index (χ4v) is 2.33. The summed E-state index contributed by atoms with van der Waals surface area (Å²) in [6.07, 6.45) is 2.05. The predicted molar refractivity (Wildman–Crippen MR) is 92.9 cm³/mol. The van der Waals surface area contributed by atoms with Crippen LogP contribution in [0.4, 0.5) is 14.5 Å². The van der Waals surface area contributed by atoms with Crippen molar-refractivity contribution in [3.05, 3.63) is 64.2 Å². The Balaban J connectivity index is 2.16. The number of anilines is 1. The van der Waals surface area contributed by atoms with E-state index in [1.165, 1.54) is 30.3 Å². The van der Waals surface area contributed by atoms with Crippen LogP contribution in [0.1, 0.15) is 18.1 Å². The average Bonchev–Trinajstić information content (AvgIpc) is 2.55. The van der Waals surface area contributed by atoms with Gasteiger partial charge in [0.1, 0.15) is 11.6 Å². The number of hydrogen-bond donors (Lipinski definition) is 3. The zero-order valence-corrected chi connectivity index (χ0v) is 13.8. The molecule has 0 aliphatic heterocycles. The number of nitrogens with one attached hydrogen (secondary N) is 1. The molecule has 0 aromatic heterocycles. The highest BCUT2D eigenvalue weighted by molar-refractivity contribution is 6.32. The molecule has 0 unspecified atom stereocenters. The fourth-order valence-electron chi connectivity index (χ4n) is 2.10. The summed E-state index contributed by atoms with van der Waals surface area (Å²) in [5.74, 6) is -0.974. The molecule has 2 aromatic rings. The molecule has 6 heteroatoms.